The summed E-state index contributed by atoms with van der Waals surface area (Å²) in [6.45, 7) is 6.33. The van der Waals surface area contributed by atoms with E-state index in [1.807, 2.05) is 19.2 Å². The van der Waals surface area contributed by atoms with Gasteiger partial charge in [-0.1, -0.05) is 26.0 Å². The number of hydrogen-bond acceptors (Lipinski definition) is 3. The summed E-state index contributed by atoms with van der Waals surface area (Å²) in [5, 5.41) is 3.12. The van der Waals surface area contributed by atoms with Crippen LogP contribution in [0.2, 0.25) is 0 Å². The average Bonchev–Trinajstić information content (AvgIpc) is 2.88. The lowest BCUT2D eigenvalue weighted by molar-refractivity contribution is 0.451. The van der Waals surface area contributed by atoms with Crippen LogP contribution >= 0.6 is 0 Å². The van der Waals surface area contributed by atoms with Crippen molar-refractivity contribution >= 4 is 10.0 Å². The van der Waals surface area contributed by atoms with Gasteiger partial charge < -0.3 is 5.32 Å². The zero-order valence-electron chi connectivity index (χ0n) is 12.5. The lowest BCUT2D eigenvalue weighted by atomic mass is 10.0. The highest BCUT2D eigenvalue weighted by molar-refractivity contribution is 7.89. The summed E-state index contributed by atoms with van der Waals surface area (Å²) >= 11 is 0. The predicted molar refractivity (Wildman–Crippen MR) is 81.3 cm³/mol. The summed E-state index contributed by atoms with van der Waals surface area (Å²) in [5.41, 5.74) is 1.17. The number of nitrogens with one attached hydrogen (secondary N) is 1. The van der Waals surface area contributed by atoms with Gasteiger partial charge in [0.2, 0.25) is 10.0 Å². The van der Waals surface area contributed by atoms with Crippen molar-refractivity contribution < 1.29 is 8.42 Å². The first-order chi connectivity index (χ1) is 9.45. The Labute approximate surface area is 122 Å². The van der Waals surface area contributed by atoms with E-state index in [-0.39, 0.29) is 0 Å². The Balaban J connectivity index is 2.14. The predicted octanol–water partition coefficient (Wildman–Crippen LogP) is 2.04. The van der Waals surface area contributed by atoms with Crippen LogP contribution in [0.25, 0.3) is 0 Å². The average molecular weight is 296 g/mol. The molecule has 1 atom stereocenters. The summed E-state index contributed by atoms with van der Waals surface area (Å²) < 4.78 is 26.8. The van der Waals surface area contributed by atoms with Crippen LogP contribution in [0.15, 0.2) is 29.2 Å². The molecule has 112 valence electrons. The van der Waals surface area contributed by atoms with Gasteiger partial charge in [0.1, 0.15) is 0 Å². The van der Waals surface area contributed by atoms with Crippen LogP contribution in [0.1, 0.15) is 31.7 Å². The minimum absolute atomic E-state index is 0.409. The summed E-state index contributed by atoms with van der Waals surface area (Å²) in [5.74, 6) is 0.836. The molecule has 0 saturated carbocycles. The van der Waals surface area contributed by atoms with E-state index in [0.717, 1.165) is 13.0 Å². The molecule has 0 aliphatic carbocycles. The van der Waals surface area contributed by atoms with Crippen molar-refractivity contribution in [2.24, 2.45) is 5.92 Å². The fourth-order valence-electron chi connectivity index (χ4n) is 2.64. The number of hydrogen-bond donors (Lipinski definition) is 1. The second-order valence-corrected chi connectivity index (χ2v) is 7.74. The third kappa shape index (κ3) is 3.22. The van der Waals surface area contributed by atoms with Gasteiger partial charge in [0.25, 0.3) is 0 Å². The Morgan fingerprint density at radius 2 is 1.95 bits per heavy atom. The lowest BCUT2D eigenvalue weighted by Gasteiger charge is -2.17. The van der Waals surface area contributed by atoms with Crippen molar-refractivity contribution in [3.63, 3.8) is 0 Å². The molecule has 1 unspecified atom stereocenters. The Hall–Kier alpha value is -0.910. The molecule has 4 nitrogen and oxygen atoms in total. The lowest BCUT2D eigenvalue weighted by Crippen LogP contribution is -2.30. The SMILES string of the molecule is CNCC1CCN(S(=O)(=O)c2ccc(C(C)C)cc2)C1. The third-order valence-electron chi connectivity index (χ3n) is 3.93. The van der Waals surface area contributed by atoms with E-state index in [1.165, 1.54) is 5.56 Å². The minimum Gasteiger partial charge on any atom is -0.319 e. The summed E-state index contributed by atoms with van der Waals surface area (Å²) in [6.07, 6.45) is 0.935. The molecule has 0 aromatic heterocycles. The van der Waals surface area contributed by atoms with Crippen LogP contribution in [-0.2, 0) is 10.0 Å². The highest BCUT2D eigenvalue weighted by Gasteiger charge is 2.32. The van der Waals surface area contributed by atoms with Crippen LogP contribution in [0, 0.1) is 5.92 Å². The molecule has 1 aromatic rings. The van der Waals surface area contributed by atoms with Gasteiger partial charge >= 0.3 is 0 Å². The Kier molecular flexibility index (Phi) is 4.83. The first kappa shape index (κ1) is 15.5. The maximum absolute atomic E-state index is 12.6. The van der Waals surface area contributed by atoms with Crippen molar-refractivity contribution in [3.8, 4) is 0 Å². The van der Waals surface area contributed by atoms with E-state index in [2.05, 4.69) is 19.2 Å². The third-order valence-corrected chi connectivity index (χ3v) is 5.81. The minimum atomic E-state index is -3.33. The highest BCUT2D eigenvalue weighted by Crippen LogP contribution is 2.25. The zero-order chi connectivity index (χ0) is 14.8. The number of sulfonamides is 1. The molecule has 1 fully saturated rings. The second kappa shape index (κ2) is 6.24. The molecule has 0 spiro atoms. The van der Waals surface area contributed by atoms with Gasteiger partial charge in [0.15, 0.2) is 0 Å². The fraction of sp³-hybridized carbons (Fsp3) is 0.600. The van der Waals surface area contributed by atoms with Crippen LogP contribution in [0.3, 0.4) is 0 Å². The molecule has 1 heterocycles. The van der Waals surface area contributed by atoms with Gasteiger partial charge in [-0.3, -0.25) is 0 Å². The summed E-state index contributed by atoms with van der Waals surface area (Å²) in [6, 6.07) is 7.30. The molecule has 1 N–H and O–H groups in total. The van der Waals surface area contributed by atoms with Gasteiger partial charge in [0.05, 0.1) is 4.90 Å². The fourth-order valence-corrected chi connectivity index (χ4v) is 4.18. The largest absolute Gasteiger partial charge is 0.319 e. The molecular formula is C15H24N2O2S. The van der Waals surface area contributed by atoms with Gasteiger partial charge in [-0.25, -0.2) is 8.42 Å². The molecule has 1 aliphatic heterocycles. The van der Waals surface area contributed by atoms with Crippen molar-refractivity contribution in [2.45, 2.75) is 31.1 Å². The second-order valence-electron chi connectivity index (χ2n) is 5.80. The molecular weight excluding hydrogens is 272 g/mol. The molecule has 0 amide bonds. The van der Waals surface area contributed by atoms with Crippen LogP contribution in [-0.4, -0.2) is 39.4 Å². The molecule has 0 radical (unpaired) electrons. The monoisotopic (exact) mass is 296 g/mol. The quantitative estimate of drug-likeness (QED) is 0.904. The van der Waals surface area contributed by atoms with Crippen LogP contribution in [0.5, 0.6) is 0 Å². The number of benzene rings is 1. The Bertz CT molecular complexity index is 537. The maximum Gasteiger partial charge on any atom is 0.243 e. The van der Waals surface area contributed by atoms with E-state index in [4.69, 9.17) is 0 Å². The first-order valence-electron chi connectivity index (χ1n) is 7.20. The van der Waals surface area contributed by atoms with E-state index >= 15 is 0 Å². The Morgan fingerprint density at radius 3 is 2.50 bits per heavy atom. The smallest absolute Gasteiger partial charge is 0.243 e. The van der Waals surface area contributed by atoms with E-state index in [1.54, 1.807) is 16.4 Å². The molecule has 20 heavy (non-hydrogen) atoms. The molecule has 1 aromatic carbocycles. The van der Waals surface area contributed by atoms with Crippen LogP contribution < -0.4 is 5.32 Å². The van der Waals surface area contributed by atoms with Gasteiger partial charge in [-0.05, 0) is 49.5 Å². The van der Waals surface area contributed by atoms with Crippen molar-refractivity contribution in [1.29, 1.82) is 0 Å². The van der Waals surface area contributed by atoms with Gasteiger partial charge in [-0.15, -0.1) is 0 Å². The Morgan fingerprint density at radius 1 is 1.30 bits per heavy atom. The van der Waals surface area contributed by atoms with Crippen molar-refractivity contribution in [3.05, 3.63) is 29.8 Å². The van der Waals surface area contributed by atoms with E-state index in [9.17, 15) is 8.42 Å². The maximum atomic E-state index is 12.6. The zero-order valence-corrected chi connectivity index (χ0v) is 13.3. The van der Waals surface area contributed by atoms with Crippen molar-refractivity contribution in [2.75, 3.05) is 26.7 Å². The van der Waals surface area contributed by atoms with E-state index < -0.39 is 10.0 Å². The summed E-state index contributed by atoms with van der Waals surface area (Å²) in [4.78, 5) is 0.409. The van der Waals surface area contributed by atoms with E-state index in [0.29, 0.717) is 29.8 Å². The standard InChI is InChI=1S/C15H24N2O2S/c1-12(2)14-4-6-15(7-5-14)20(18,19)17-9-8-13(11-17)10-16-3/h4-7,12-13,16H,8-11H2,1-3H3. The summed E-state index contributed by atoms with van der Waals surface area (Å²) in [7, 11) is -1.42. The van der Waals surface area contributed by atoms with Gasteiger partial charge in [-0.2, -0.15) is 4.31 Å². The number of rotatable bonds is 5. The highest BCUT2D eigenvalue weighted by atomic mass is 32.2. The topological polar surface area (TPSA) is 49.4 Å². The molecule has 5 heteroatoms. The molecule has 2 rings (SSSR count). The first-order valence-corrected chi connectivity index (χ1v) is 8.64. The molecule has 0 bridgehead atoms. The van der Waals surface area contributed by atoms with Crippen LogP contribution in [0.4, 0.5) is 0 Å². The van der Waals surface area contributed by atoms with Crippen molar-refractivity contribution in [1.82, 2.24) is 9.62 Å². The normalized spacial score (nSPS) is 20.7. The number of nitrogens with zero attached hydrogens (tertiary/aromatic N) is 1. The molecule has 1 aliphatic rings. The molecule has 1 saturated heterocycles. The van der Waals surface area contributed by atoms with Gasteiger partial charge in [0, 0.05) is 13.1 Å².